The van der Waals surface area contributed by atoms with Crippen molar-refractivity contribution in [3.63, 3.8) is 0 Å². The van der Waals surface area contributed by atoms with Gasteiger partial charge in [-0.15, -0.1) is 0 Å². The summed E-state index contributed by atoms with van der Waals surface area (Å²) in [6.45, 7) is 5.80. The van der Waals surface area contributed by atoms with E-state index in [2.05, 4.69) is 49.1 Å². The highest BCUT2D eigenvalue weighted by Crippen LogP contribution is 2.41. The summed E-state index contributed by atoms with van der Waals surface area (Å²) in [6, 6.07) is 8.36. The van der Waals surface area contributed by atoms with Crippen LogP contribution in [0.25, 0.3) is 11.6 Å². The van der Waals surface area contributed by atoms with E-state index in [1.165, 1.54) is 10.8 Å². The molecule has 3 aliphatic rings. The van der Waals surface area contributed by atoms with Crippen LogP contribution in [0.3, 0.4) is 0 Å². The highest BCUT2D eigenvalue weighted by atomic mass is 16.5. The molecule has 1 aromatic carbocycles. The van der Waals surface area contributed by atoms with Crippen molar-refractivity contribution < 1.29 is 9.84 Å². The number of hydrogen-bond donors (Lipinski definition) is 1. The number of aliphatic hydroxyl groups excluding tert-OH is 1. The number of aliphatic hydroxyl groups is 1. The van der Waals surface area contributed by atoms with E-state index in [0.29, 0.717) is 11.5 Å². The van der Waals surface area contributed by atoms with Gasteiger partial charge in [0.25, 0.3) is 0 Å². The summed E-state index contributed by atoms with van der Waals surface area (Å²) in [5.41, 5.74) is 2.37. The standard InChI is InChI=1S/C23H22O2/c1-15(2)25-21-14-12-17-8-4-6-10-19(17)23(21)22-18-9-5-3-7-16(18)11-13-20(22)24/h3-13,18,21-22,24H,1,14H2,2H3/t18?,21-,22?/m0/s1. The molecule has 0 amide bonds. The van der Waals surface area contributed by atoms with Crippen LogP contribution in [-0.2, 0) is 4.74 Å². The lowest BCUT2D eigenvalue weighted by Gasteiger charge is -2.36. The highest BCUT2D eigenvalue weighted by Gasteiger charge is 2.36. The number of benzene rings is 1. The van der Waals surface area contributed by atoms with Gasteiger partial charge in [0.05, 0.1) is 11.7 Å². The Morgan fingerprint density at radius 1 is 1.20 bits per heavy atom. The fourth-order valence-corrected chi connectivity index (χ4v) is 4.06. The third kappa shape index (κ3) is 2.78. The average molecular weight is 330 g/mol. The summed E-state index contributed by atoms with van der Waals surface area (Å²) in [4.78, 5) is 0. The molecule has 3 atom stereocenters. The lowest BCUT2D eigenvalue weighted by molar-refractivity contribution is 0.157. The Balaban J connectivity index is 1.93. The molecule has 2 nitrogen and oxygen atoms in total. The fourth-order valence-electron chi connectivity index (χ4n) is 4.06. The Hall–Kier alpha value is -2.74. The van der Waals surface area contributed by atoms with E-state index < -0.39 is 0 Å². The first-order valence-electron chi connectivity index (χ1n) is 8.72. The van der Waals surface area contributed by atoms with Gasteiger partial charge in [-0.05, 0) is 34.6 Å². The third-order valence-electron chi connectivity index (χ3n) is 5.08. The molecule has 25 heavy (non-hydrogen) atoms. The topological polar surface area (TPSA) is 29.5 Å². The molecular formula is C23H22O2. The van der Waals surface area contributed by atoms with Crippen molar-refractivity contribution in [1.29, 1.82) is 0 Å². The maximum Gasteiger partial charge on any atom is 0.124 e. The van der Waals surface area contributed by atoms with Crippen molar-refractivity contribution in [2.24, 2.45) is 11.8 Å². The van der Waals surface area contributed by atoms with Gasteiger partial charge in [-0.2, -0.15) is 0 Å². The van der Waals surface area contributed by atoms with Crippen molar-refractivity contribution in [3.8, 4) is 0 Å². The number of rotatable bonds is 3. The zero-order chi connectivity index (χ0) is 17.4. The first-order valence-corrected chi connectivity index (χ1v) is 8.72. The van der Waals surface area contributed by atoms with E-state index in [1.807, 2.05) is 31.2 Å². The minimum absolute atomic E-state index is 0.105. The maximum absolute atomic E-state index is 10.8. The first-order chi connectivity index (χ1) is 12.1. The molecule has 0 aromatic heterocycles. The van der Waals surface area contributed by atoms with Crippen molar-refractivity contribution in [3.05, 3.63) is 94.8 Å². The summed E-state index contributed by atoms with van der Waals surface area (Å²) in [5, 5.41) is 13.2. The number of fused-ring (bicyclic) bond motifs is 2. The maximum atomic E-state index is 10.8. The zero-order valence-corrected chi connectivity index (χ0v) is 14.4. The molecule has 1 aromatic rings. The quantitative estimate of drug-likeness (QED) is 0.857. The molecule has 3 aliphatic carbocycles. The predicted octanol–water partition coefficient (Wildman–Crippen LogP) is 3.68. The van der Waals surface area contributed by atoms with Gasteiger partial charge in [-0.1, -0.05) is 67.3 Å². The second-order valence-corrected chi connectivity index (χ2v) is 6.80. The molecular weight excluding hydrogens is 308 g/mol. The molecule has 0 heterocycles. The van der Waals surface area contributed by atoms with Crippen LogP contribution in [0.1, 0.15) is 13.3 Å². The van der Waals surface area contributed by atoms with E-state index in [-0.39, 0.29) is 17.9 Å². The van der Waals surface area contributed by atoms with Crippen LogP contribution < -0.4 is 10.4 Å². The van der Waals surface area contributed by atoms with Crippen LogP contribution >= 0.6 is 0 Å². The van der Waals surface area contributed by atoms with Crippen LogP contribution in [0.4, 0.5) is 0 Å². The normalized spacial score (nSPS) is 26.8. The SMILES string of the molecule is C=C(C)O[C@H]1CC=c2ccccc2=C1C1C(O)=CC=C2C=CC=CC21. The average Bonchev–Trinajstić information content (AvgIpc) is 2.62. The minimum Gasteiger partial charge on any atom is -0.512 e. The lowest BCUT2D eigenvalue weighted by atomic mass is 9.72. The molecule has 0 saturated heterocycles. The Bertz CT molecular complexity index is 956. The van der Waals surface area contributed by atoms with Crippen molar-refractivity contribution >= 4 is 11.6 Å². The van der Waals surface area contributed by atoms with Gasteiger partial charge in [0.15, 0.2) is 0 Å². The zero-order valence-electron chi connectivity index (χ0n) is 14.4. The second-order valence-electron chi connectivity index (χ2n) is 6.80. The summed E-state index contributed by atoms with van der Waals surface area (Å²) < 4.78 is 6.08. The van der Waals surface area contributed by atoms with Gasteiger partial charge in [0.1, 0.15) is 11.9 Å². The van der Waals surface area contributed by atoms with Gasteiger partial charge < -0.3 is 9.84 Å². The van der Waals surface area contributed by atoms with E-state index in [4.69, 9.17) is 4.74 Å². The molecule has 126 valence electrons. The monoisotopic (exact) mass is 330 g/mol. The second kappa shape index (κ2) is 6.29. The molecule has 4 rings (SSSR count). The Morgan fingerprint density at radius 2 is 2.04 bits per heavy atom. The molecule has 2 heteroatoms. The summed E-state index contributed by atoms with van der Waals surface area (Å²) in [6.07, 6.45) is 15.1. The minimum atomic E-state index is -0.111. The molecule has 0 saturated carbocycles. The largest absolute Gasteiger partial charge is 0.512 e. The van der Waals surface area contributed by atoms with Gasteiger partial charge in [0, 0.05) is 12.3 Å². The number of allylic oxidation sites excluding steroid dienone is 9. The molecule has 0 aliphatic heterocycles. The van der Waals surface area contributed by atoms with Crippen LogP contribution in [0.5, 0.6) is 0 Å². The smallest absolute Gasteiger partial charge is 0.124 e. The van der Waals surface area contributed by atoms with E-state index >= 15 is 0 Å². The number of ether oxygens (including phenoxy) is 1. The summed E-state index contributed by atoms with van der Waals surface area (Å²) in [7, 11) is 0. The molecule has 0 bridgehead atoms. The van der Waals surface area contributed by atoms with Gasteiger partial charge >= 0.3 is 0 Å². The van der Waals surface area contributed by atoms with Crippen LogP contribution in [-0.4, -0.2) is 11.2 Å². The van der Waals surface area contributed by atoms with Gasteiger partial charge in [-0.3, -0.25) is 0 Å². The van der Waals surface area contributed by atoms with Crippen molar-refractivity contribution in [2.75, 3.05) is 0 Å². The Kier molecular flexibility index (Phi) is 3.96. The van der Waals surface area contributed by atoms with E-state index in [9.17, 15) is 5.11 Å². The van der Waals surface area contributed by atoms with Crippen LogP contribution in [0.15, 0.2) is 84.4 Å². The Labute approximate surface area is 148 Å². The highest BCUT2D eigenvalue weighted by molar-refractivity contribution is 5.64. The number of hydrogen-bond acceptors (Lipinski definition) is 2. The third-order valence-corrected chi connectivity index (χ3v) is 5.08. The van der Waals surface area contributed by atoms with Crippen molar-refractivity contribution in [2.45, 2.75) is 19.4 Å². The van der Waals surface area contributed by atoms with Gasteiger partial charge in [0.2, 0.25) is 0 Å². The molecule has 0 spiro atoms. The fraction of sp³-hybridized carbons (Fsp3) is 0.217. The molecule has 2 unspecified atom stereocenters. The van der Waals surface area contributed by atoms with E-state index in [1.54, 1.807) is 0 Å². The van der Waals surface area contributed by atoms with Crippen LogP contribution in [0, 0.1) is 11.8 Å². The molecule has 1 N–H and O–H groups in total. The summed E-state index contributed by atoms with van der Waals surface area (Å²) >= 11 is 0. The lowest BCUT2D eigenvalue weighted by Crippen LogP contribution is -2.41. The molecule has 0 radical (unpaired) electrons. The van der Waals surface area contributed by atoms with Crippen molar-refractivity contribution in [1.82, 2.24) is 0 Å². The van der Waals surface area contributed by atoms with Crippen LogP contribution in [0.2, 0.25) is 0 Å². The predicted molar refractivity (Wildman–Crippen MR) is 102 cm³/mol. The Morgan fingerprint density at radius 3 is 2.88 bits per heavy atom. The van der Waals surface area contributed by atoms with Gasteiger partial charge in [-0.25, -0.2) is 0 Å². The first kappa shape index (κ1) is 15.8. The molecule has 0 fully saturated rings. The van der Waals surface area contributed by atoms with E-state index in [0.717, 1.165) is 17.2 Å². The summed E-state index contributed by atoms with van der Waals surface area (Å²) in [5.74, 6) is 1.12.